The molecular weight excluding hydrogens is 222 g/mol. The van der Waals surface area contributed by atoms with Crippen LogP contribution in [-0.2, 0) is 4.74 Å². The summed E-state index contributed by atoms with van der Waals surface area (Å²) >= 11 is 0. The normalized spacial score (nSPS) is 28.4. The van der Waals surface area contributed by atoms with E-state index in [1.807, 2.05) is 13.8 Å². The Balaban J connectivity index is 2.05. The summed E-state index contributed by atoms with van der Waals surface area (Å²) in [5.41, 5.74) is 1.86. The van der Waals surface area contributed by atoms with Crippen LogP contribution in [0.25, 0.3) is 0 Å². The number of nitrogens with one attached hydrogen (secondary N) is 1. The molecular formula is C11H17N3O3. The van der Waals surface area contributed by atoms with Gasteiger partial charge in [0.15, 0.2) is 0 Å². The molecule has 0 saturated carbocycles. The molecule has 0 amide bonds. The summed E-state index contributed by atoms with van der Waals surface area (Å²) in [6.07, 6.45) is 0.444. The van der Waals surface area contributed by atoms with Gasteiger partial charge in [0.25, 0.3) is 0 Å². The fourth-order valence-corrected chi connectivity index (χ4v) is 1.82. The molecule has 94 valence electrons. The van der Waals surface area contributed by atoms with Crippen molar-refractivity contribution < 1.29 is 14.9 Å². The fraction of sp³-hybridized carbons (Fsp3) is 0.636. The molecule has 1 fully saturated rings. The number of aliphatic hydroxyl groups excluding tert-OH is 2. The standard InChI is InChI=1S/C11H17N3O3/c1-6-7(2)12-5-13-11(6)14-10-3-8(16)9(4-15)17-10/h5,8-10,15-16H,3-4H2,1-2H3,(H,12,13,14)/t8-,9+,10-/m1/s1. The lowest BCUT2D eigenvalue weighted by Gasteiger charge is -2.16. The van der Waals surface area contributed by atoms with E-state index in [1.165, 1.54) is 6.33 Å². The zero-order valence-electron chi connectivity index (χ0n) is 9.92. The molecule has 3 N–H and O–H groups in total. The van der Waals surface area contributed by atoms with E-state index in [4.69, 9.17) is 9.84 Å². The van der Waals surface area contributed by atoms with Crippen LogP contribution < -0.4 is 5.32 Å². The highest BCUT2D eigenvalue weighted by Crippen LogP contribution is 2.23. The number of ether oxygens (including phenoxy) is 1. The van der Waals surface area contributed by atoms with E-state index < -0.39 is 12.2 Å². The smallest absolute Gasteiger partial charge is 0.134 e. The first-order valence-electron chi connectivity index (χ1n) is 5.61. The number of aryl methyl sites for hydroxylation is 1. The number of hydrogen-bond donors (Lipinski definition) is 3. The van der Waals surface area contributed by atoms with Gasteiger partial charge in [-0.1, -0.05) is 0 Å². The quantitative estimate of drug-likeness (QED) is 0.686. The Morgan fingerprint density at radius 3 is 2.88 bits per heavy atom. The molecule has 2 rings (SSSR count). The molecule has 2 heterocycles. The van der Waals surface area contributed by atoms with E-state index in [1.54, 1.807) is 0 Å². The van der Waals surface area contributed by atoms with Crippen molar-refractivity contribution in [3.8, 4) is 0 Å². The lowest BCUT2D eigenvalue weighted by molar-refractivity contribution is -0.0150. The first kappa shape index (κ1) is 12.2. The number of hydrogen-bond acceptors (Lipinski definition) is 6. The van der Waals surface area contributed by atoms with E-state index in [2.05, 4.69) is 15.3 Å². The fourth-order valence-electron chi connectivity index (χ4n) is 1.82. The second-order valence-electron chi connectivity index (χ2n) is 4.23. The topological polar surface area (TPSA) is 87.5 Å². The zero-order chi connectivity index (χ0) is 12.4. The lowest BCUT2D eigenvalue weighted by atomic mass is 10.2. The van der Waals surface area contributed by atoms with Gasteiger partial charge in [-0.25, -0.2) is 9.97 Å². The van der Waals surface area contributed by atoms with Crippen LogP contribution in [0.5, 0.6) is 0 Å². The van der Waals surface area contributed by atoms with Crippen LogP contribution in [0, 0.1) is 13.8 Å². The van der Waals surface area contributed by atoms with Crippen molar-refractivity contribution in [3.63, 3.8) is 0 Å². The van der Waals surface area contributed by atoms with Gasteiger partial charge in [0.2, 0.25) is 0 Å². The van der Waals surface area contributed by atoms with Gasteiger partial charge in [0.05, 0.1) is 12.7 Å². The summed E-state index contributed by atoms with van der Waals surface area (Å²) in [6, 6.07) is 0. The third-order valence-electron chi connectivity index (χ3n) is 3.04. The molecule has 17 heavy (non-hydrogen) atoms. The van der Waals surface area contributed by atoms with Crippen molar-refractivity contribution in [3.05, 3.63) is 17.6 Å². The second-order valence-corrected chi connectivity index (χ2v) is 4.23. The van der Waals surface area contributed by atoms with Crippen LogP contribution >= 0.6 is 0 Å². The van der Waals surface area contributed by atoms with E-state index >= 15 is 0 Å². The van der Waals surface area contributed by atoms with Crippen molar-refractivity contribution in [2.75, 3.05) is 11.9 Å². The van der Waals surface area contributed by atoms with E-state index in [-0.39, 0.29) is 12.8 Å². The summed E-state index contributed by atoms with van der Waals surface area (Å²) in [5, 5.41) is 21.7. The van der Waals surface area contributed by atoms with E-state index in [9.17, 15) is 5.11 Å². The second kappa shape index (κ2) is 4.95. The van der Waals surface area contributed by atoms with Crippen LogP contribution in [0.1, 0.15) is 17.7 Å². The Morgan fingerprint density at radius 1 is 1.47 bits per heavy atom. The summed E-state index contributed by atoms with van der Waals surface area (Å²) in [5.74, 6) is 0.702. The molecule has 0 unspecified atom stereocenters. The number of nitrogens with zero attached hydrogens (tertiary/aromatic N) is 2. The number of rotatable bonds is 3. The number of aromatic nitrogens is 2. The summed E-state index contributed by atoms with van der Waals surface area (Å²) in [7, 11) is 0. The maximum Gasteiger partial charge on any atom is 0.134 e. The maximum absolute atomic E-state index is 9.60. The van der Waals surface area contributed by atoms with Crippen LogP contribution in [0.15, 0.2) is 6.33 Å². The van der Waals surface area contributed by atoms with Crippen LogP contribution in [0.3, 0.4) is 0 Å². The molecule has 1 aromatic rings. The van der Waals surface area contributed by atoms with Crippen molar-refractivity contribution >= 4 is 5.82 Å². The van der Waals surface area contributed by atoms with Crippen molar-refractivity contribution in [2.45, 2.75) is 38.7 Å². The predicted octanol–water partition coefficient (Wildman–Crippen LogP) is -0.0265. The van der Waals surface area contributed by atoms with Gasteiger partial charge in [-0.2, -0.15) is 0 Å². The average Bonchev–Trinajstić information content (AvgIpc) is 2.65. The highest BCUT2D eigenvalue weighted by molar-refractivity contribution is 5.45. The molecule has 1 aromatic heterocycles. The molecule has 0 aliphatic carbocycles. The van der Waals surface area contributed by atoms with Crippen LogP contribution in [-0.4, -0.2) is 45.2 Å². The molecule has 1 aliphatic rings. The minimum absolute atomic E-state index is 0.179. The van der Waals surface area contributed by atoms with Crippen molar-refractivity contribution in [2.24, 2.45) is 0 Å². The number of aliphatic hydroxyl groups is 2. The lowest BCUT2D eigenvalue weighted by Crippen LogP contribution is -2.25. The Morgan fingerprint density at radius 2 is 2.24 bits per heavy atom. The number of anilines is 1. The van der Waals surface area contributed by atoms with Crippen LogP contribution in [0.2, 0.25) is 0 Å². The van der Waals surface area contributed by atoms with E-state index in [0.29, 0.717) is 12.2 Å². The van der Waals surface area contributed by atoms with Gasteiger partial charge in [-0.05, 0) is 13.8 Å². The Bertz CT molecular complexity index is 400. The maximum atomic E-state index is 9.60. The molecule has 1 aliphatic heterocycles. The molecule has 1 saturated heterocycles. The first-order chi connectivity index (χ1) is 8.11. The summed E-state index contributed by atoms with van der Waals surface area (Å²) in [6.45, 7) is 3.65. The molecule has 6 nitrogen and oxygen atoms in total. The highest BCUT2D eigenvalue weighted by Gasteiger charge is 2.33. The minimum Gasteiger partial charge on any atom is -0.394 e. The summed E-state index contributed by atoms with van der Waals surface area (Å²) in [4.78, 5) is 8.21. The SMILES string of the molecule is Cc1ncnc(N[C@H]2C[C@@H](O)[C@H](CO)O2)c1C. The van der Waals surface area contributed by atoms with E-state index in [0.717, 1.165) is 11.3 Å². The Labute approximate surface area is 99.7 Å². The van der Waals surface area contributed by atoms with Gasteiger partial charge in [0.1, 0.15) is 24.5 Å². The third kappa shape index (κ3) is 2.54. The van der Waals surface area contributed by atoms with Crippen LogP contribution in [0.4, 0.5) is 5.82 Å². The highest BCUT2D eigenvalue weighted by atomic mass is 16.5. The molecule has 0 spiro atoms. The molecule has 6 heteroatoms. The first-order valence-corrected chi connectivity index (χ1v) is 5.61. The Hall–Kier alpha value is -1.24. The molecule has 3 atom stereocenters. The van der Waals surface area contributed by atoms with Gasteiger partial charge in [-0.3, -0.25) is 0 Å². The molecule has 0 radical (unpaired) electrons. The Kier molecular flexibility index (Phi) is 3.56. The summed E-state index contributed by atoms with van der Waals surface area (Å²) < 4.78 is 5.45. The van der Waals surface area contributed by atoms with Gasteiger partial charge in [-0.15, -0.1) is 0 Å². The van der Waals surface area contributed by atoms with Crippen molar-refractivity contribution in [1.29, 1.82) is 0 Å². The van der Waals surface area contributed by atoms with Gasteiger partial charge in [0, 0.05) is 17.7 Å². The monoisotopic (exact) mass is 239 g/mol. The predicted molar refractivity (Wildman–Crippen MR) is 61.5 cm³/mol. The van der Waals surface area contributed by atoms with Gasteiger partial charge >= 0.3 is 0 Å². The van der Waals surface area contributed by atoms with Gasteiger partial charge < -0.3 is 20.3 Å². The third-order valence-corrected chi connectivity index (χ3v) is 3.04. The molecule has 0 aromatic carbocycles. The van der Waals surface area contributed by atoms with Crippen molar-refractivity contribution in [1.82, 2.24) is 9.97 Å². The zero-order valence-corrected chi connectivity index (χ0v) is 9.92. The minimum atomic E-state index is -0.638. The largest absolute Gasteiger partial charge is 0.394 e. The molecule has 0 bridgehead atoms. The average molecular weight is 239 g/mol.